The Labute approximate surface area is 139 Å². The topological polar surface area (TPSA) is 50.4 Å². The van der Waals surface area contributed by atoms with Crippen LogP contribution in [0.5, 0.6) is 0 Å². The largest absolute Gasteiger partial charge is 0.444 e. The van der Waals surface area contributed by atoms with Crippen molar-refractivity contribution in [2.45, 2.75) is 64.5 Å². The van der Waals surface area contributed by atoms with Gasteiger partial charge < -0.3 is 15.4 Å². The summed E-state index contributed by atoms with van der Waals surface area (Å²) in [6, 6.07) is 0.550. The number of ether oxygens (including phenoxy) is 1. The maximum absolute atomic E-state index is 11.8. The van der Waals surface area contributed by atoms with Crippen molar-refractivity contribution in [2.75, 3.05) is 24.6 Å². The number of carbonyl (C=O) groups excluding carboxylic acids is 1. The maximum Gasteiger partial charge on any atom is 0.407 e. The van der Waals surface area contributed by atoms with Crippen molar-refractivity contribution in [3.8, 4) is 0 Å². The highest BCUT2D eigenvalue weighted by Crippen LogP contribution is 2.26. The van der Waals surface area contributed by atoms with E-state index in [0.717, 1.165) is 19.0 Å². The Bertz CT molecular complexity index is 351. The fourth-order valence-electron chi connectivity index (χ4n) is 3.31. The van der Waals surface area contributed by atoms with Gasteiger partial charge in [-0.05, 0) is 69.9 Å². The third kappa shape index (κ3) is 6.37. The van der Waals surface area contributed by atoms with Gasteiger partial charge in [-0.25, -0.2) is 4.79 Å². The van der Waals surface area contributed by atoms with Crippen molar-refractivity contribution in [1.82, 2.24) is 10.6 Å². The van der Waals surface area contributed by atoms with Gasteiger partial charge in [-0.15, -0.1) is 0 Å². The molecule has 1 saturated carbocycles. The van der Waals surface area contributed by atoms with Gasteiger partial charge in [-0.2, -0.15) is 11.8 Å². The highest BCUT2D eigenvalue weighted by atomic mass is 32.2. The standard InChI is InChI=1S/C17H32N2O2S/c1-17(2,3)21-16(20)19-11-14-6-4-5-7-15(14)18-10-13-8-9-22-12-13/h13-15,18H,4-12H2,1-3H3,(H,19,20). The van der Waals surface area contributed by atoms with Crippen molar-refractivity contribution in [1.29, 1.82) is 0 Å². The molecule has 1 saturated heterocycles. The third-order valence-corrected chi connectivity index (χ3v) is 5.74. The molecule has 22 heavy (non-hydrogen) atoms. The summed E-state index contributed by atoms with van der Waals surface area (Å²) in [6.07, 6.45) is 6.08. The molecule has 128 valence electrons. The maximum atomic E-state index is 11.8. The molecule has 1 aliphatic heterocycles. The van der Waals surface area contributed by atoms with Crippen LogP contribution in [-0.4, -0.2) is 42.3 Å². The van der Waals surface area contributed by atoms with E-state index in [4.69, 9.17) is 4.74 Å². The molecule has 2 N–H and O–H groups in total. The lowest BCUT2D eigenvalue weighted by atomic mass is 9.84. The summed E-state index contributed by atoms with van der Waals surface area (Å²) < 4.78 is 5.33. The van der Waals surface area contributed by atoms with Crippen LogP contribution < -0.4 is 10.6 Å². The highest BCUT2D eigenvalue weighted by Gasteiger charge is 2.27. The Hall–Kier alpha value is -0.420. The van der Waals surface area contributed by atoms with Crippen molar-refractivity contribution >= 4 is 17.9 Å². The zero-order valence-corrected chi connectivity index (χ0v) is 15.1. The van der Waals surface area contributed by atoms with Crippen molar-refractivity contribution in [3.05, 3.63) is 0 Å². The molecule has 2 aliphatic rings. The molecule has 5 heteroatoms. The number of nitrogens with one attached hydrogen (secondary N) is 2. The fraction of sp³-hybridized carbons (Fsp3) is 0.941. The number of thioether (sulfide) groups is 1. The average Bonchev–Trinajstić information content (AvgIpc) is 2.95. The molecule has 1 aliphatic carbocycles. The number of hydrogen-bond donors (Lipinski definition) is 2. The minimum atomic E-state index is -0.422. The second kappa shape index (κ2) is 8.44. The SMILES string of the molecule is CC(C)(C)OC(=O)NCC1CCCCC1NCC1CCSC1. The third-order valence-electron chi connectivity index (χ3n) is 4.51. The number of amides is 1. The van der Waals surface area contributed by atoms with Crippen molar-refractivity contribution in [3.63, 3.8) is 0 Å². The lowest BCUT2D eigenvalue weighted by Crippen LogP contribution is -2.46. The number of carbonyl (C=O) groups is 1. The summed E-state index contributed by atoms with van der Waals surface area (Å²) in [5.74, 6) is 4.00. The Morgan fingerprint density at radius 2 is 1.95 bits per heavy atom. The Morgan fingerprint density at radius 1 is 1.18 bits per heavy atom. The van der Waals surface area contributed by atoms with Crippen LogP contribution in [0.15, 0.2) is 0 Å². The molecule has 3 unspecified atom stereocenters. The Balaban J connectivity index is 1.72. The molecule has 2 fully saturated rings. The van der Waals surface area contributed by atoms with E-state index >= 15 is 0 Å². The van der Waals surface area contributed by atoms with Gasteiger partial charge in [0.15, 0.2) is 0 Å². The first-order valence-corrected chi connectivity index (χ1v) is 9.87. The van der Waals surface area contributed by atoms with Gasteiger partial charge in [0.25, 0.3) is 0 Å². The average molecular weight is 329 g/mol. The van der Waals surface area contributed by atoms with E-state index in [2.05, 4.69) is 22.4 Å². The van der Waals surface area contributed by atoms with E-state index < -0.39 is 5.60 Å². The summed E-state index contributed by atoms with van der Waals surface area (Å²) in [5, 5.41) is 6.74. The molecule has 1 amide bonds. The first kappa shape index (κ1) is 17.9. The van der Waals surface area contributed by atoms with Crippen LogP contribution >= 0.6 is 11.8 Å². The monoisotopic (exact) mass is 328 g/mol. The van der Waals surface area contributed by atoms with E-state index in [1.54, 1.807) is 0 Å². The second-order valence-corrected chi connectivity index (χ2v) is 8.82. The van der Waals surface area contributed by atoms with Crippen molar-refractivity contribution in [2.24, 2.45) is 11.8 Å². The van der Waals surface area contributed by atoms with Crippen LogP contribution in [0, 0.1) is 11.8 Å². The van der Waals surface area contributed by atoms with Gasteiger partial charge in [-0.3, -0.25) is 0 Å². The molecule has 1 heterocycles. The quantitative estimate of drug-likeness (QED) is 0.812. The molecule has 0 aromatic carbocycles. The predicted molar refractivity (Wildman–Crippen MR) is 93.4 cm³/mol. The van der Waals surface area contributed by atoms with E-state index in [0.29, 0.717) is 12.0 Å². The van der Waals surface area contributed by atoms with Gasteiger partial charge in [0, 0.05) is 12.6 Å². The summed E-state index contributed by atoms with van der Waals surface area (Å²) in [6.45, 7) is 7.57. The van der Waals surface area contributed by atoms with E-state index in [1.165, 1.54) is 43.6 Å². The van der Waals surface area contributed by atoms with E-state index in [-0.39, 0.29) is 6.09 Å². The first-order valence-electron chi connectivity index (χ1n) is 8.72. The molecule has 0 radical (unpaired) electrons. The van der Waals surface area contributed by atoms with Crippen LogP contribution in [0.3, 0.4) is 0 Å². The minimum Gasteiger partial charge on any atom is -0.444 e. The summed E-state index contributed by atoms with van der Waals surface area (Å²) in [5.41, 5.74) is -0.422. The van der Waals surface area contributed by atoms with Gasteiger partial charge in [0.05, 0.1) is 0 Å². The van der Waals surface area contributed by atoms with Crippen LogP contribution in [0.4, 0.5) is 4.79 Å². The zero-order valence-electron chi connectivity index (χ0n) is 14.3. The smallest absolute Gasteiger partial charge is 0.407 e. The Kier molecular flexibility index (Phi) is 6.87. The zero-order chi connectivity index (χ0) is 16.0. The first-order chi connectivity index (χ1) is 10.4. The van der Waals surface area contributed by atoms with E-state index in [1.807, 2.05) is 20.8 Å². The lowest BCUT2D eigenvalue weighted by molar-refractivity contribution is 0.0510. The highest BCUT2D eigenvalue weighted by molar-refractivity contribution is 7.99. The van der Waals surface area contributed by atoms with Gasteiger partial charge >= 0.3 is 6.09 Å². The lowest BCUT2D eigenvalue weighted by Gasteiger charge is -2.33. The number of alkyl carbamates (subject to hydrolysis) is 1. The molecule has 2 rings (SSSR count). The number of rotatable bonds is 5. The van der Waals surface area contributed by atoms with Gasteiger partial charge in [0.2, 0.25) is 0 Å². The molecule has 0 spiro atoms. The predicted octanol–water partition coefficient (Wildman–Crippen LogP) is 3.41. The molecule has 0 bridgehead atoms. The van der Waals surface area contributed by atoms with Crippen LogP contribution in [0.25, 0.3) is 0 Å². The van der Waals surface area contributed by atoms with Crippen LogP contribution in [0.1, 0.15) is 52.9 Å². The molecular formula is C17H32N2O2S. The summed E-state index contributed by atoms with van der Waals surface area (Å²) in [7, 11) is 0. The second-order valence-electron chi connectivity index (χ2n) is 7.67. The van der Waals surface area contributed by atoms with Crippen LogP contribution in [0.2, 0.25) is 0 Å². The van der Waals surface area contributed by atoms with Crippen LogP contribution in [-0.2, 0) is 4.74 Å². The van der Waals surface area contributed by atoms with Gasteiger partial charge in [0.1, 0.15) is 5.60 Å². The van der Waals surface area contributed by atoms with E-state index in [9.17, 15) is 4.79 Å². The Morgan fingerprint density at radius 3 is 2.64 bits per heavy atom. The fourth-order valence-corrected chi connectivity index (χ4v) is 4.60. The minimum absolute atomic E-state index is 0.288. The molecular weight excluding hydrogens is 296 g/mol. The molecule has 0 aromatic heterocycles. The molecule has 4 nitrogen and oxygen atoms in total. The summed E-state index contributed by atoms with van der Waals surface area (Å²) in [4.78, 5) is 11.8. The normalized spacial score (nSPS) is 29.3. The summed E-state index contributed by atoms with van der Waals surface area (Å²) >= 11 is 2.08. The molecule has 0 aromatic rings. The van der Waals surface area contributed by atoms with Crippen molar-refractivity contribution < 1.29 is 9.53 Å². The number of hydrogen-bond acceptors (Lipinski definition) is 4. The molecule has 3 atom stereocenters. The van der Waals surface area contributed by atoms with Gasteiger partial charge in [-0.1, -0.05) is 12.8 Å².